The highest BCUT2D eigenvalue weighted by molar-refractivity contribution is 4.94. The zero-order valence-electron chi connectivity index (χ0n) is 8.55. The van der Waals surface area contributed by atoms with Gasteiger partial charge in [-0.1, -0.05) is 38.3 Å². The molecule has 0 saturated heterocycles. The van der Waals surface area contributed by atoms with Gasteiger partial charge >= 0.3 is 0 Å². The van der Waals surface area contributed by atoms with Gasteiger partial charge in [-0.05, 0) is 38.0 Å². The fourth-order valence-corrected chi connectivity index (χ4v) is 1.89. The van der Waals surface area contributed by atoms with Crippen molar-refractivity contribution in [2.45, 2.75) is 52.4 Å². The Bertz CT molecular complexity index is 131. The van der Waals surface area contributed by atoms with E-state index >= 15 is 0 Å². The molecule has 0 aliphatic heterocycles. The second-order valence-electron chi connectivity index (χ2n) is 4.02. The predicted octanol–water partition coefficient (Wildman–Crippen LogP) is 4.17. The minimum absolute atomic E-state index is 0.918. The third-order valence-electron chi connectivity index (χ3n) is 2.81. The summed E-state index contributed by atoms with van der Waals surface area (Å²) in [6, 6.07) is 0. The second kappa shape index (κ2) is 5.40. The maximum atomic E-state index is 2.42. The molecule has 0 amide bonds. The van der Waals surface area contributed by atoms with Crippen molar-refractivity contribution in [1.29, 1.82) is 0 Å². The van der Waals surface area contributed by atoms with Gasteiger partial charge in [0.25, 0.3) is 0 Å². The van der Waals surface area contributed by atoms with Gasteiger partial charge in [0.2, 0.25) is 0 Å². The normalized spacial score (nSPS) is 20.2. The van der Waals surface area contributed by atoms with Crippen LogP contribution in [0.1, 0.15) is 52.4 Å². The minimum Gasteiger partial charge on any atom is -0.0914 e. The summed E-state index contributed by atoms with van der Waals surface area (Å²) in [5.74, 6) is 1.97. The van der Waals surface area contributed by atoms with Crippen LogP contribution in [0, 0.1) is 11.8 Å². The molecule has 70 valence electrons. The highest BCUT2D eigenvalue weighted by Crippen LogP contribution is 2.40. The number of allylic oxidation sites excluding steroid dienone is 2. The van der Waals surface area contributed by atoms with Crippen LogP contribution in [0.15, 0.2) is 12.2 Å². The molecule has 0 radical (unpaired) electrons. The van der Waals surface area contributed by atoms with Gasteiger partial charge in [0.05, 0.1) is 0 Å². The Morgan fingerprint density at radius 1 is 1.33 bits per heavy atom. The first-order valence-corrected chi connectivity index (χ1v) is 5.51. The molecule has 0 aromatic carbocycles. The lowest BCUT2D eigenvalue weighted by molar-refractivity contribution is 0.489. The van der Waals surface area contributed by atoms with Gasteiger partial charge in [-0.3, -0.25) is 0 Å². The molecule has 0 nitrogen and oxygen atoms in total. The lowest BCUT2D eigenvalue weighted by Gasteiger charge is -2.10. The maximum Gasteiger partial charge on any atom is -0.0205 e. The SMILES string of the molecule is C/C=C/C(CCCCC)C1CC1. The van der Waals surface area contributed by atoms with Crippen molar-refractivity contribution in [3.63, 3.8) is 0 Å². The molecule has 1 unspecified atom stereocenters. The van der Waals surface area contributed by atoms with E-state index in [1.165, 1.54) is 38.5 Å². The van der Waals surface area contributed by atoms with E-state index in [0.717, 1.165) is 11.8 Å². The molecule has 0 N–H and O–H groups in total. The average Bonchev–Trinajstić information content (AvgIpc) is 2.86. The zero-order valence-corrected chi connectivity index (χ0v) is 8.55. The third-order valence-corrected chi connectivity index (χ3v) is 2.81. The summed E-state index contributed by atoms with van der Waals surface area (Å²) in [5.41, 5.74) is 0. The molecule has 1 atom stereocenters. The summed E-state index contributed by atoms with van der Waals surface area (Å²) in [7, 11) is 0. The van der Waals surface area contributed by atoms with Crippen LogP contribution < -0.4 is 0 Å². The standard InChI is InChI=1S/C12H22/c1-3-5-6-8-11(7-4-2)12-9-10-12/h4,7,11-12H,3,5-6,8-10H2,1-2H3/b7-4+. The van der Waals surface area contributed by atoms with Gasteiger partial charge in [-0.15, -0.1) is 0 Å². The summed E-state index contributed by atoms with van der Waals surface area (Å²) in [6.07, 6.45) is 13.3. The van der Waals surface area contributed by atoms with Crippen LogP contribution in [0.5, 0.6) is 0 Å². The summed E-state index contributed by atoms with van der Waals surface area (Å²) in [4.78, 5) is 0. The molecule has 0 heterocycles. The van der Waals surface area contributed by atoms with Gasteiger partial charge in [-0.2, -0.15) is 0 Å². The number of unbranched alkanes of at least 4 members (excludes halogenated alkanes) is 2. The fraction of sp³-hybridized carbons (Fsp3) is 0.833. The summed E-state index contributed by atoms with van der Waals surface area (Å²) < 4.78 is 0. The Kier molecular flexibility index (Phi) is 4.42. The highest BCUT2D eigenvalue weighted by Gasteiger charge is 2.28. The molecule has 0 aromatic rings. The third kappa shape index (κ3) is 3.42. The van der Waals surface area contributed by atoms with E-state index in [-0.39, 0.29) is 0 Å². The second-order valence-corrected chi connectivity index (χ2v) is 4.02. The van der Waals surface area contributed by atoms with Crippen LogP contribution >= 0.6 is 0 Å². The largest absolute Gasteiger partial charge is 0.0914 e. The molecular formula is C12H22. The Morgan fingerprint density at radius 2 is 2.08 bits per heavy atom. The topological polar surface area (TPSA) is 0 Å². The number of hydrogen-bond donors (Lipinski definition) is 0. The van der Waals surface area contributed by atoms with E-state index < -0.39 is 0 Å². The monoisotopic (exact) mass is 166 g/mol. The molecule has 1 fully saturated rings. The van der Waals surface area contributed by atoms with Crippen molar-refractivity contribution in [3.05, 3.63) is 12.2 Å². The average molecular weight is 166 g/mol. The van der Waals surface area contributed by atoms with Crippen molar-refractivity contribution < 1.29 is 0 Å². The summed E-state index contributed by atoms with van der Waals surface area (Å²) in [5, 5.41) is 0. The Hall–Kier alpha value is -0.260. The van der Waals surface area contributed by atoms with Crippen LogP contribution in [-0.4, -0.2) is 0 Å². The fourth-order valence-electron chi connectivity index (χ4n) is 1.89. The van der Waals surface area contributed by atoms with E-state index in [2.05, 4.69) is 26.0 Å². The highest BCUT2D eigenvalue weighted by atomic mass is 14.3. The van der Waals surface area contributed by atoms with Gasteiger partial charge in [-0.25, -0.2) is 0 Å². The quantitative estimate of drug-likeness (QED) is 0.410. The van der Waals surface area contributed by atoms with Crippen molar-refractivity contribution >= 4 is 0 Å². The molecule has 0 aromatic heterocycles. The molecule has 0 spiro atoms. The molecule has 0 heteroatoms. The first-order valence-electron chi connectivity index (χ1n) is 5.51. The first kappa shape index (κ1) is 9.83. The molecule has 1 aliphatic carbocycles. The smallest absolute Gasteiger partial charge is 0.0205 e. The van der Waals surface area contributed by atoms with Crippen LogP contribution in [0.3, 0.4) is 0 Å². The molecule has 0 bridgehead atoms. The minimum atomic E-state index is 0.918. The first-order chi connectivity index (χ1) is 5.88. The van der Waals surface area contributed by atoms with Gasteiger partial charge < -0.3 is 0 Å². The van der Waals surface area contributed by atoms with Crippen molar-refractivity contribution in [1.82, 2.24) is 0 Å². The van der Waals surface area contributed by atoms with Crippen LogP contribution in [0.4, 0.5) is 0 Å². The van der Waals surface area contributed by atoms with Crippen LogP contribution in [-0.2, 0) is 0 Å². The Balaban J connectivity index is 2.14. The Morgan fingerprint density at radius 3 is 2.58 bits per heavy atom. The Labute approximate surface area is 77.1 Å². The predicted molar refractivity (Wildman–Crippen MR) is 55.2 cm³/mol. The van der Waals surface area contributed by atoms with Gasteiger partial charge in [0.1, 0.15) is 0 Å². The summed E-state index contributed by atoms with van der Waals surface area (Å²) in [6.45, 7) is 4.43. The zero-order chi connectivity index (χ0) is 8.81. The van der Waals surface area contributed by atoms with E-state index in [4.69, 9.17) is 0 Å². The van der Waals surface area contributed by atoms with Gasteiger partial charge in [0.15, 0.2) is 0 Å². The van der Waals surface area contributed by atoms with Gasteiger partial charge in [0, 0.05) is 0 Å². The van der Waals surface area contributed by atoms with Crippen molar-refractivity contribution in [2.24, 2.45) is 11.8 Å². The lowest BCUT2D eigenvalue weighted by atomic mass is 9.96. The van der Waals surface area contributed by atoms with Crippen LogP contribution in [0.25, 0.3) is 0 Å². The van der Waals surface area contributed by atoms with E-state index in [9.17, 15) is 0 Å². The molecular weight excluding hydrogens is 144 g/mol. The van der Waals surface area contributed by atoms with Crippen molar-refractivity contribution in [3.8, 4) is 0 Å². The maximum absolute atomic E-state index is 2.42. The van der Waals surface area contributed by atoms with Crippen molar-refractivity contribution in [2.75, 3.05) is 0 Å². The molecule has 1 saturated carbocycles. The number of hydrogen-bond acceptors (Lipinski definition) is 0. The molecule has 1 aliphatic rings. The van der Waals surface area contributed by atoms with E-state index in [1.807, 2.05) is 0 Å². The van der Waals surface area contributed by atoms with E-state index in [1.54, 1.807) is 0 Å². The van der Waals surface area contributed by atoms with Crippen LogP contribution in [0.2, 0.25) is 0 Å². The summed E-state index contributed by atoms with van der Waals surface area (Å²) >= 11 is 0. The molecule has 1 rings (SSSR count). The number of rotatable bonds is 6. The molecule has 12 heavy (non-hydrogen) atoms. The lowest BCUT2D eigenvalue weighted by Crippen LogP contribution is -1.98. The van der Waals surface area contributed by atoms with E-state index in [0.29, 0.717) is 0 Å².